The highest BCUT2D eigenvalue weighted by Crippen LogP contribution is 2.11. The van der Waals surface area contributed by atoms with E-state index in [0.29, 0.717) is 13.0 Å². The van der Waals surface area contributed by atoms with Gasteiger partial charge in [0.1, 0.15) is 0 Å². The van der Waals surface area contributed by atoms with Crippen LogP contribution in [0, 0.1) is 11.8 Å². The number of allylic oxidation sites excluding steroid dienone is 4. The topological polar surface area (TPSA) is 46.2 Å². The summed E-state index contributed by atoms with van der Waals surface area (Å²) < 4.78 is 0. The molecule has 0 heterocycles. The first-order valence-electron chi connectivity index (χ1n) is 5.27. The van der Waals surface area contributed by atoms with E-state index < -0.39 is 0 Å². The van der Waals surface area contributed by atoms with Gasteiger partial charge in [-0.1, -0.05) is 32.1 Å². The van der Waals surface area contributed by atoms with Crippen LogP contribution in [0.3, 0.4) is 0 Å². The molecule has 1 amide bonds. The Labute approximate surface area is 90.2 Å². The van der Waals surface area contributed by atoms with Gasteiger partial charge in [-0.05, 0) is 12.5 Å². The molecule has 0 spiro atoms. The van der Waals surface area contributed by atoms with Gasteiger partial charge >= 0.3 is 0 Å². The fourth-order valence-electron chi connectivity index (χ4n) is 1.36. The molecule has 0 fully saturated rings. The van der Waals surface area contributed by atoms with E-state index in [-0.39, 0.29) is 23.5 Å². The minimum absolute atomic E-state index is 0.00231. The third-order valence-corrected chi connectivity index (χ3v) is 2.36. The molecule has 1 aliphatic carbocycles. The first kappa shape index (κ1) is 11.7. The van der Waals surface area contributed by atoms with Crippen molar-refractivity contribution in [3.05, 3.63) is 24.3 Å². The van der Waals surface area contributed by atoms with Crippen LogP contribution in [0.1, 0.15) is 20.3 Å². The monoisotopic (exact) mass is 207 g/mol. The van der Waals surface area contributed by atoms with E-state index in [1.54, 1.807) is 12.2 Å². The Morgan fingerprint density at radius 1 is 1.47 bits per heavy atom. The molecule has 0 aromatic rings. The summed E-state index contributed by atoms with van der Waals surface area (Å²) in [6.45, 7) is 4.26. The summed E-state index contributed by atoms with van der Waals surface area (Å²) >= 11 is 0. The van der Waals surface area contributed by atoms with Gasteiger partial charge in [0.05, 0.1) is 0 Å². The zero-order chi connectivity index (χ0) is 11.3. The van der Waals surface area contributed by atoms with Crippen molar-refractivity contribution >= 4 is 11.7 Å². The highest BCUT2D eigenvalue weighted by molar-refractivity contribution is 5.94. The number of hydrogen-bond acceptors (Lipinski definition) is 2. The van der Waals surface area contributed by atoms with Gasteiger partial charge in [-0.2, -0.15) is 0 Å². The average Bonchev–Trinajstić information content (AvgIpc) is 2.20. The second-order valence-corrected chi connectivity index (χ2v) is 3.99. The smallest absolute Gasteiger partial charge is 0.222 e. The fourth-order valence-corrected chi connectivity index (χ4v) is 1.36. The molecule has 1 atom stereocenters. The minimum Gasteiger partial charge on any atom is -0.356 e. The summed E-state index contributed by atoms with van der Waals surface area (Å²) in [6.07, 6.45) is 7.75. The van der Waals surface area contributed by atoms with Crippen molar-refractivity contribution < 1.29 is 9.59 Å². The normalized spacial score (nSPS) is 19.7. The molecule has 0 radical (unpaired) electrons. The highest BCUT2D eigenvalue weighted by atomic mass is 16.1. The molecule has 3 nitrogen and oxygen atoms in total. The van der Waals surface area contributed by atoms with Crippen molar-refractivity contribution in [3.63, 3.8) is 0 Å². The summed E-state index contributed by atoms with van der Waals surface area (Å²) in [6, 6.07) is 0. The second kappa shape index (κ2) is 5.49. The molecule has 0 bridgehead atoms. The molecule has 0 aromatic heterocycles. The van der Waals surface area contributed by atoms with Gasteiger partial charge in [0.25, 0.3) is 0 Å². The average molecular weight is 207 g/mol. The molecule has 0 saturated carbocycles. The van der Waals surface area contributed by atoms with Crippen molar-refractivity contribution in [3.8, 4) is 0 Å². The van der Waals surface area contributed by atoms with Crippen molar-refractivity contribution in [2.24, 2.45) is 11.8 Å². The van der Waals surface area contributed by atoms with E-state index in [4.69, 9.17) is 0 Å². The Balaban J connectivity index is 2.26. The second-order valence-electron chi connectivity index (χ2n) is 3.99. The predicted octanol–water partition coefficient (Wildman–Crippen LogP) is 1.46. The summed E-state index contributed by atoms with van der Waals surface area (Å²) in [5.74, 6) is 0.0963. The molecule has 0 aromatic carbocycles. The van der Waals surface area contributed by atoms with E-state index in [9.17, 15) is 9.59 Å². The number of carbonyl (C=O) groups is 2. The maximum Gasteiger partial charge on any atom is 0.222 e. The molecular formula is C12H17NO2. The summed E-state index contributed by atoms with van der Waals surface area (Å²) in [5.41, 5.74) is 0. The van der Waals surface area contributed by atoms with Crippen LogP contribution < -0.4 is 5.32 Å². The summed E-state index contributed by atoms with van der Waals surface area (Å²) in [5, 5.41) is 2.80. The zero-order valence-electron chi connectivity index (χ0n) is 9.19. The van der Waals surface area contributed by atoms with Gasteiger partial charge in [0.15, 0.2) is 5.78 Å². The standard InChI is InChI=1S/C12H17NO2/c1-9(2)12(15)13-8-7-10-5-3-4-6-11(10)14/h3-6,9-10H,7-8H2,1-2H3,(H,13,15). The lowest BCUT2D eigenvalue weighted by Crippen LogP contribution is -2.30. The van der Waals surface area contributed by atoms with Gasteiger partial charge in [0.2, 0.25) is 5.91 Å². The zero-order valence-corrected chi connectivity index (χ0v) is 9.19. The Kier molecular flexibility index (Phi) is 4.28. The minimum atomic E-state index is -0.0672. The molecule has 3 heteroatoms. The summed E-state index contributed by atoms with van der Waals surface area (Å²) in [4.78, 5) is 22.6. The number of amides is 1. The Morgan fingerprint density at radius 3 is 2.80 bits per heavy atom. The largest absolute Gasteiger partial charge is 0.356 e. The van der Waals surface area contributed by atoms with Crippen LogP contribution in [0.15, 0.2) is 24.3 Å². The van der Waals surface area contributed by atoms with Gasteiger partial charge < -0.3 is 5.32 Å². The van der Waals surface area contributed by atoms with Crippen LogP contribution in [0.5, 0.6) is 0 Å². The van der Waals surface area contributed by atoms with Crippen LogP contribution in [0.4, 0.5) is 0 Å². The molecular weight excluding hydrogens is 190 g/mol. The van der Waals surface area contributed by atoms with Crippen LogP contribution in [-0.2, 0) is 9.59 Å². The number of nitrogens with one attached hydrogen (secondary N) is 1. The van der Waals surface area contributed by atoms with Crippen molar-refractivity contribution in [2.45, 2.75) is 20.3 Å². The molecule has 82 valence electrons. The lowest BCUT2D eigenvalue weighted by atomic mass is 9.96. The quantitative estimate of drug-likeness (QED) is 0.758. The van der Waals surface area contributed by atoms with Crippen LogP contribution >= 0.6 is 0 Å². The highest BCUT2D eigenvalue weighted by Gasteiger charge is 2.14. The van der Waals surface area contributed by atoms with E-state index in [2.05, 4.69) is 5.32 Å². The molecule has 1 aliphatic rings. The Hall–Kier alpha value is -1.38. The third kappa shape index (κ3) is 3.70. The number of rotatable bonds is 4. The van der Waals surface area contributed by atoms with E-state index in [1.807, 2.05) is 26.0 Å². The van der Waals surface area contributed by atoms with E-state index in [0.717, 1.165) is 0 Å². The Morgan fingerprint density at radius 2 is 2.20 bits per heavy atom. The van der Waals surface area contributed by atoms with Crippen LogP contribution in [0.2, 0.25) is 0 Å². The van der Waals surface area contributed by atoms with Crippen molar-refractivity contribution in [1.29, 1.82) is 0 Å². The summed E-state index contributed by atoms with van der Waals surface area (Å²) in [7, 11) is 0. The number of hydrogen-bond donors (Lipinski definition) is 1. The van der Waals surface area contributed by atoms with Gasteiger partial charge in [-0.25, -0.2) is 0 Å². The molecule has 15 heavy (non-hydrogen) atoms. The van der Waals surface area contributed by atoms with E-state index in [1.165, 1.54) is 0 Å². The van der Waals surface area contributed by atoms with Gasteiger partial charge in [0, 0.05) is 18.4 Å². The van der Waals surface area contributed by atoms with E-state index >= 15 is 0 Å². The molecule has 1 rings (SSSR count). The molecule has 1 N–H and O–H groups in total. The van der Waals surface area contributed by atoms with Gasteiger partial charge in [-0.15, -0.1) is 0 Å². The lowest BCUT2D eigenvalue weighted by molar-refractivity contribution is -0.124. The van der Waals surface area contributed by atoms with Gasteiger partial charge in [-0.3, -0.25) is 9.59 Å². The lowest BCUT2D eigenvalue weighted by Gasteiger charge is -2.13. The Bertz CT molecular complexity index is 303. The van der Waals surface area contributed by atoms with Crippen molar-refractivity contribution in [1.82, 2.24) is 5.32 Å². The molecule has 0 aliphatic heterocycles. The first-order valence-corrected chi connectivity index (χ1v) is 5.27. The van der Waals surface area contributed by atoms with Crippen molar-refractivity contribution in [2.75, 3.05) is 6.54 Å². The van der Waals surface area contributed by atoms with Crippen LogP contribution in [-0.4, -0.2) is 18.2 Å². The maximum atomic E-state index is 11.4. The number of carbonyl (C=O) groups excluding carboxylic acids is 2. The third-order valence-electron chi connectivity index (χ3n) is 2.36. The SMILES string of the molecule is CC(C)C(=O)NCCC1C=CC=CC1=O. The van der Waals surface area contributed by atoms with Crippen LogP contribution in [0.25, 0.3) is 0 Å². The molecule has 0 saturated heterocycles. The first-order chi connectivity index (χ1) is 7.11. The molecule has 1 unspecified atom stereocenters. The predicted molar refractivity (Wildman–Crippen MR) is 59.2 cm³/mol. The fraction of sp³-hybridized carbons (Fsp3) is 0.500. The number of ketones is 1. The maximum absolute atomic E-state index is 11.4.